The molecule has 102 valence electrons. The van der Waals surface area contributed by atoms with Gasteiger partial charge >= 0.3 is 0 Å². The molecule has 0 saturated carbocycles. The van der Waals surface area contributed by atoms with Crippen LogP contribution in [0.15, 0.2) is 30.3 Å². The minimum Gasteiger partial charge on any atom is -0.316 e. The van der Waals surface area contributed by atoms with Crippen LogP contribution in [0.5, 0.6) is 0 Å². The van der Waals surface area contributed by atoms with Crippen molar-refractivity contribution >= 4 is 11.8 Å². The third-order valence-corrected chi connectivity index (χ3v) is 4.58. The van der Waals surface area contributed by atoms with Crippen LogP contribution in [0.2, 0.25) is 0 Å². The second-order valence-corrected chi connectivity index (χ2v) is 6.37. The molecule has 18 heavy (non-hydrogen) atoms. The number of benzene rings is 1. The normalized spacial score (nSPS) is 12.9. The third-order valence-electron chi connectivity index (χ3n) is 3.04. The lowest BCUT2D eigenvalue weighted by molar-refractivity contribution is 0.548. The molecular weight excluding hydrogens is 238 g/mol. The SMILES string of the molecule is CNC(CCCc1ccccc1)CSCC(C)C. The van der Waals surface area contributed by atoms with Crippen LogP contribution in [0.1, 0.15) is 32.3 Å². The smallest absolute Gasteiger partial charge is 0.0155 e. The van der Waals surface area contributed by atoms with Crippen molar-refractivity contribution in [3.63, 3.8) is 0 Å². The average Bonchev–Trinajstić information content (AvgIpc) is 2.38. The first-order chi connectivity index (χ1) is 8.72. The number of rotatable bonds is 9. The summed E-state index contributed by atoms with van der Waals surface area (Å²) >= 11 is 2.08. The Morgan fingerprint density at radius 2 is 1.83 bits per heavy atom. The Hall–Kier alpha value is -0.470. The Kier molecular flexibility index (Phi) is 8.19. The summed E-state index contributed by atoms with van der Waals surface area (Å²) in [5, 5.41) is 3.44. The van der Waals surface area contributed by atoms with E-state index in [9.17, 15) is 0 Å². The summed E-state index contributed by atoms with van der Waals surface area (Å²) in [5.41, 5.74) is 1.46. The van der Waals surface area contributed by atoms with Gasteiger partial charge in [0.25, 0.3) is 0 Å². The van der Waals surface area contributed by atoms with Gasteiger partial charge in [0.2, 0.25) is 0 Å². The monoisotopic (exact) mass is 265 g/mol. The predicted octanol–water partition coefficient (Wildman–Crippen LogP) is 3.99. The van der Waals surface area contributed by atoms with E-state index in [1.54, 1.807) is 0 Å². The van der Waals surface area contributed by atoms with Crippen LogP contribution in [0, 0.1) is 5.92 Å². The zero-order chi connectivity index (χ0) is 13.2. The number of hydrogen-bond acceptors (Lipinski definition) is 2. The van der Waals surface area contributed by atoms with Crippen molar-refractivity contribution in [2.45, 2.75) is 39.2 Å². The molecule has 0 aromatic heterocycles. The second-order valence-electron chi connectivity index (χ2n) is 5.29. The highest BCUT2D eigenvalue weighted by Crippen LogP contribution is 2.13. The van der Waals surface area contributed by atoms with Gasteiger partial charge in [-0.05, 0) is 43.5 Å². The fourth-order valence-electron chi connectivity index (χ4n) is 1.95. The highest BCUT2D eigenvalue weighted by molar-refractivity contribution is 7.99. The van der Waals surface area contributed by atoms with Crippen LogP contribution >= 0.6 is 11.8 Å². The van der Waals surface area contributed by atoms with Crippen molar-refractivity contribution in [2.24, 2.45) is 5.92 Å². The van der Waals surface area contributed by atoms with Crippen LogP contribution in [-0.2, 0) is 6.42 Å². The van der Waals surface area contributed by atoms with Crippen molar-refractivity contribution < 1.29 is 0 Å². The van der Waals surface area contributed by atoms with E-state index in [0.29, 0.717) is 6.04 Å². The minimum atomic E-state index is 0.664. The maximum Gasteiger partial charge on any atom is 0.0155 e. The van der Waals surface area contributed by atoms with Crippen molar-refractivity contribution in [2.75, 3.05) is 18.6 Å². The molecule has 0 spiro atoms. The third kappa shape index (κ3) is 7.07. The lowest BCUT2D eigenvalue weighted by Gasteiger charge is -2.16. The van der Waals surface area contributed by atoms with E-state index in [4.69, 9.17) is 0 Å². The van der Waals surface area contributed by atoms with Crippen molar-refractivity contribution in [1.29, 1.82) is 0 Å². The molecule has 0 heterocycles. The Balaban J connectivity index is 2.15. The molecule has 0 aliphatic heterocycles. The van der Waals surface area contributed by atoms with E-state index >= 15 is 0 Å². The topological polar surface area (TPSA) is 12.0 Å². The van der Waals surface area contributed by atoms with E-state index in [-0.39, 0.29) is 0 Å². The minimum absolute atomic E-state index is 0.664. The van der Waals surface area contributed by atoms with Crippen molar-refractivity contribution in [3.8, 4) is 0 Å². The van der Waals surface area contributed by atoms with Crippen LogP contribution in [0.3, 0.4) is 0 Å². The highest BCUT2D eigenvalue weighted by Gasteiger charge is 2.06. The molecule has 0 saturated heterocycles. The van der Waals surface area contributed by atoms with E-state index in [0.717, 1.165) is 5.92 Å². The number of hydrogen-bond donors (Lipinski definition) is 1. The first-order valence-electron chi connectivity index (χ1n) is 7.01. The van der Waals surface area contributed by atoms with Gasteiger partial charge in [-0.2, -0.15) is 11.8 Å². The summed E-state index contributed by atoms with van der Waals surface area (Å²) in [6, 6.07) is 11.5. The van der Waals surface area contributed by atoms with E-state index in [1.807, 2.05) is 0 Å². The molecule has 1 aromatic carbocycles. The van der Waals surface area contributed by atoms with Gasteiger partial charge in [-0.3, -0.25) is 0 Å². The summed E-state index contributed by atoms with van der Waals surface area (Å²) in [4.78, 5) is 0. The summed E-state index contributed by atoms with van der Waals surface area (Å²) in [5.74, 6) is 3.32. The lowest BCUT2D eigenvalue weighted by Crippen LogP contribution is -2.28. The number of aryl methyl sites for hydroxylation is 1. The van der Waals surface area contributed by atoms with Gasteiger partial charge in [0.15, 0.2) is 0 Å². The Bertz CT molecular complexity index is 297. The van der Waals surface area contributed by atoms with Gasteiger partial charge in [0.1, 0.15) is 0 Å². The van der Waals surface area contributed by atoms with Gasteiger partial charge in [-0.25, -0.2) is 0 Å². The van der Waals surface area contributed by atoms with Crippen LogP contribution in [0.4, 0.5) is 0 Å². The first kappa shape index (κ1) is 15.6. The molecule has 0 amide bonds. The highest BCUT2D eigenvalue weighted by atomic mass is 32.2. The lowest BCUT2D eigenvalue weighted by atomic mass is 10.1. The summed E-state index contributed by atoms with van der Waals surface area (Å²) < 4.78 is 0. The summed E-state index contributed by atoms with van der Waals surface area (Å²) in [6.07, 6.45) is 3.75. The van der Waals surface area contributed by atoms with Crippen LogP contribution < -0.4 is 5.32 Å². The Morgan fingerprint density at radius 1 is 1.11 bits per heavy atom. The molecule has 0 bridgehead atoms. The predicted molar refractivity (Wildman–Crippen MR) is 84.4 cm³/mol. The average molecular weight is 265 g/mol. The van der Waals surface area contributed by atoms with Gasteiger partial charge in [-0.15, -0.1) is 0 Å². The largest absolute Gasteiger partial charge is 0.316 e. The van der Waals surface area contributed by atoms with Gasteiger partial charge in [-0.1, -0.05) is 44.2 Å². The van der Waals surface area contributed by atoms with Crippen LogP contribution in [0.25, 0.3) is 0 Å². The molecule has 0 fully saturated rings. The fraction of sp³-hybridized carbons (Fsp3) is 0.625. The zero-order valence-corrected chi connectivity index (χ0v) is 12.8. The molecule has 1 aromatic rings. The van der Waals surface area contributed by atoms with Crippen LogP contribution in [-0.4, -0.2) is 24.6 Å². The Labute approximate surface area is 117 Å². The standard InChI is InChI=1S/C16H27NS/c1-14(2)12-18-13-16(17-3)11-7-10-15-8-5-4-6-9-15/h4-6,8-9,14,16-17H,7,10-13H2,1-3H3. The summed E-state index contributed by atoms with van der Waals surface area (Å²) in [7, 11) is 2.09. The molecule has 2 heteroatoms. The second kappa shape index (κ2) is 9.46. The van der Waals surface area contributed by atoms with Gasteiger partial charge in [0, 0.05) is 11.8 Å². The molecule has 1 nitrogen and oxygen atoms in total. The molecule has 1 rings (SSSR count). The van der Waals surface area contributed by atoms with E-state index < -0.39 is 0 Å². The summed E-state index contributed by atoms with van der Waals surface area (Å²) in [6.45, 7) is 4.58. The number of nitrogens with one attached hydrogen (secondary N) is 1. The van der Waals surface area contributed by atoms with E-state index in [2.05, 4.69) is 68.3 Å². The van der Waals surface area contributed by atoms with E-state index in [1.165, 1.54) is 36.3 Å². The molecule has 1 N–H and O–H groups in total. The molecule has 0 aliphatic rings. The fourth-order valence-corrected chi connectivity index (χ4v) is 3.18. The van der Waals surface area contributed by atoms with Gasteiger partial charge in [0.05, 0.1) is 0 Å². The molecule has 0 radical (unpaired) electrons. The molecule has 1 unspecified atom stereocenters. The Morgan fingerprint density at radius 3 is 2.44 bits per heavy atom. The quantitative estimate of drug-likeness (QED) is 0.724. The van der Waals surface area contributed by atoms with Crippen molar-refractivity contribution in [1.82, 2.24) is 5.32 Å². The van der Waals surface area contributed by atoms with Gasteiger partial charge < -0.3 is 5.32 Å². The zero-order valence-electron chi connectivity index (χ0n) is 12.0. The molecule has 0 aliphatic carbocycles. The maximum atomic E-state index is 3.44. The molecular formula is C16H27NS. The number of thioether (sulfide) groups is 1. The van der Waals surface area contributed by atoms with Crippen molar-refractivity contribution in [3.05, 3.63) is 35.9 Å². The molecule has 1 atom stereocenters. The first-order valence-corrected chi connectivity index (χ1v) is 8.16. The maximum absolute atomic E-state index is 3.44.